The van der Waals surface area contributed by atoms with Gasteiger partial charge in [0.25, 0.3) is 0 Å². The highest BCUT2D eigenvalue weighted by Crippen LogP contribution is 2.41. The number of alkyl halides is 3. The molecule has 2 aliphatic heterocycles. The molecular weight excluding hydrogens is 1020 g/mol. The van der Waals surface area contributed by atoms with Gasteiger partial charge in [0.2, 0.25) is 11.9 Å². The molecule has 79 heavy (non-hydrogen) atoms. The molecule has 1 aliphatic carbocycles. The number of rotatable bonds is 22. The summed E-state index contributed by atoms with van der Waals surface area (Å²) in [6.07, 6.45) is 11.4. The van der Waals surface area contributed by atoms with Crippen LogP contribution in [-0.4, -0.2) is 104 Å². The number of carbonyl (C=O) groups excluding carboxylic acids is 3. The number of halogens is 3. The van der Waals surface area contributed by atoms with Gasteiger partial charge in [0.05, 0.1) is 24.7 Å². The van der Waals surface area contributed by atoms with Gasteiger partial charge in [-0.3, -0.25) is 0 Å². The minimum absolute atomic E-state index is 0.0264. The van der Waals surface area contributed by atoms with E-state index >= 15 is 0 Å². The quantitative estimate of drug-likeness (QED) is 0.0414. The third kappa shape index (κ3) is 17.5. The SMILES string of the molecule is CC1=C(/C=C/C(C)=C/C=C/C(C)=C/COC(=O)OCC(COC(=O)c2cc(C)nc(N3CCC(COc4ccccc4C)C3)n2)COC(=O)c2cc(C)nc(N3CCC(COc4ccccc4C(F)(F)F)C3)n2)C(C)(C)CCC1. The fourth-order valence-electron chi connectivity index (χ4n) is 9.71. The monoisotopic (exact) mass is 1090 g/mol. The number of para-hydroxylation sites is 2. The molecule has 0 bridgehead atoms. The van der Waals surface area contributed by atoms with E-state index in [-0.39, 0.29) is 73.4 Å². The van der Waals surface area contributed by atoms with Crippen LogP contribution in [0.25, 0.3) is 0 Å². The predicted molar refractivity (Wildman–Crippen MR) is 295 cm³/mol. The third-order valence-corrected chi connectivity index (χ3v) is 14.2. The summed E-state index contributed by atoms with van der Waals surface area (Å²) < 4.78 is 74.8. The molecule has 0 spiro atoms. The number of carbonyl (C=O) groups is 3. The number of nitrogens with zero attached hydrogens (tertiary/aromatic N) is 6. The number of aromatic nitrogens is 4. The molecule has 18 heteroatoms. The van der Waals surface area contributed by atoms with Crippen LogP contribution < -0.4 is 19.3 Å². The average molecular weight is 1090 g/mol. The maximum Gasteiger partial charge on any atom is 0.508 e. The van der Waals surface area contributed by atoms with Gasteiger partial charge in [0.1, 0.15) is 37.9 Å². The second-order valence-corrected chi connectivity index (χ2v) is 21.4. The van der Waals surface area contributed by atoms with E-state index < -0.39 is 35.8 Å². The Labute approximate surface area is 461 Å². The van der Waals surface area contributed by atoms with Gasteiger partial charge in [-0.15, -0.1) is 0 Å². The summed E-state index contributed by atoms with van der Waals surface area (Å²) >= 11 is 0. The summed E-state index contributed by atoms with van der Waals surface area (Å²) in [7, 11) is 0. The Morgan fingerprint density at radius 2 is 1.28 bits per heavy atom. The molecule has 2 aromatic heterocycles. The molecular formula is C61H73F3N6O9. The Morgan fingerprint density at radius 1 is 0.722 bits per heavy atom. The van der Waals surface area contributed by atoms with E-state index in [1.54, 1.807) is 19.9 Å². The summed E-state index contributed by atoms with van der Waals surface area (Å²) in [6.45, 7) is 17.8. The van der Waals surface area contributed by atoms with Crippen LogP contribution in [0, 0.1) is 43.9 Å². The van der Waals surface area contributed by atoms with Gasteiger partial charge < -0.3 is 38.2 Å². The lowest BCUT2D eigenvalue weighted by atomic mass is 9.72. The van der Waals surface area contributed by atoms with Gasteiger partial charge in [-0.2, -0.15) is 13.2 Å². The number of allylic oxidation sites excluding steroid dienone is 9. The maximum absolute atomic E-state index is 13.7. The van der Waals surface area contributed by atoms with Crippen LogP contribution in [0.4, 0.5) is 29.9 Å². The average Bonchev–Trinajstić information content (AvgIpc) is 4.11. The minimum Gasteiger partial charge on any atom is -0.493 e. The lowest BCUT2D eigenvalue weighted by Gasteiger charge is -2.32. The van der Waals surface area contributed by atoms with E-state index in [4.69, 9.17) is 28.4 Å². The molecule has 3 atom stereocenters. The molecule has 3 aliphatic rings. The Morgan fingerprint density at radius 3 is 1.86 bits per heavy atom. The smallest absolute Gasteiger partial charge is 0.493 e. The second-order valence-electron chi connectivity index (χ2n) is 21.4. The van der Waals surface area contributed by atoms with Crippen LogP contribution in [0.15, 0.2) is 119 Å². The number of hydrogen-bond acceptors (Lipinski definition) is 15. The number of ether oxygens (including phenoxy) is 6. The van der Waals surface area contributed by atoms with Crippen molar-refractivity contribution in [2.75, 3.05) is 75.6 Å². The molecule has 2 fully saturated rings. The van der Waals surface area contributed by atoms with Gasteiger partial charge in [-0.05, 0) is 127 Å². The zero-order valence-electron chi connectivity index (χ0n) is 46.6. The molecule has 15 nitrogen and oxygen atoms in total. The van der Waals surface area contributed by atoms with Gasteiger partial charge in [0.15, 0.2) is 11.4 Å². The predicted octanol–water partition coefficient (Wildman–Crippen LogP) is 12.3. The van der Waals surface area contributed by atoms with Crippen LogP contribution in [0.1, 0.15) is 110 Å². The molecule has 4 aromatic rings. The van der Waals surface area contributed by atoms with Crippen LogP contribution in [0.3, 0.4) is 0 Å². The number of aryl methyl sites for hydroxylation is 3. The van der Waals surface area contributed by atoms with Gasteiger partial charge in [-0.1, -0.05) is 91.3 Å². The van der Waals surface area contributed by atoms with Gasteiger partial charge >= 0.3 is 24.3 Å². The summed E-state index contributed by atoms with van der Waals surface area (Å²) in [5, 5.41) is 0. The normalized spacial score (nSPS) is 18.3. The fourth-order valence-corrected chi connectivity index (χ4v) is 9.71. The van der Waals surface area contributed by atoms with E-state index in [2.05, 4.69) is 59.8 Å². The molecule has 3 unspecified atom stereocenters. The van der Waals surface area contributed by atoms with E-state index in [9.17, 15) is 27.6 Å². The lowest BCUT2D eigenvalue weighted by molar-refractivity contribution is -0.139. The zero-order valence-corrected chi connectivity index (χ0v) is 46.6. The van der Waals surface area contributed by atoms with Crippen LogP contribution in [0.5, 0.6) is 11.5 Å². The molecule has 0 radical (unpaired) electrons. The molecule has 0 amide bonds. The maximum atomic E-state index is 13.7. The van der Waals surface area contributed by atoms with Crippen LogP contribution >= 0.6 is 0 Å². The third-order valence-electron chi connectivity index (χ3n) is 14.2. The van der Waals surface area contributed by atoms with E-state index in [0.717, 1.165) is 41.4 Å². The summed E-state index contributed by atoms with van der Waals surface area (Å²) in [5.74, 6) is -1.12. The molecule has 2 aromatic carbocycles. The summed E-state index contributed by atoms with van der Waals surface area (Å²) in [6, 6.07) is 15.9. The summed E-state index contributed by atoms with van der Waals surface area (Å²) in [4.78, 5) is 62.3. The molecule has 0 saturated carbocycles. The Balaban J connectivity index is 0.958. The minimum atomic E-state index is -4.56. The fraction of sp³-hybridized carbons (Fsp3) is 0.459. The largest absolute Gasteiger partial charge is 0.508 e. The first-order chi connectivity index (χ1) is 37.7. The number of anilines is 2. The van der Waals surface area contributed by atoms with Crippen LogP contribution in [0.2, 0.25) is 0 Å². The van der Waals surface area contributed by atoms with Crippen molar-refractivity contribution in [3.8, 4) is 11.5 Å². The van der Waals surface area contributed by atoms with Crippen LogP contribution in [-0.2, 0) is 25.1 Å². The summed E-state index contributed by atoms with van der Waals surface area (Å²) in [5.41, 5.74) is 6.16. The number of esters is 2. The van der Waals surface area contributed by atoms with Crippen molar-refractivity contribution in [3.05, 3.63) is 153 Å². The standard InChI is InChI=1S/C61H73F3N6O9/c1-40(22-23-49-42(3)18-14-27-60(49,7)8)15-13-16-41(2)26-30-74-59(73)79-39-48(37-77-55(71)51-31-44(5)65-57(67-51)69-28-24-46(33-69)35-75-53-20-11-9-17-43(53)4)38-78-56(72)52-32-45(6)66-58(68-52)70-29-25-47(34-70)36-76-54-21-12-10-19-50(54)61(62,63)64/h9-13,15-17,19-23,26,31-32,46-48H,14,18,24-25,27-30,33-39H2,1-8H3/b16-13+,23-22+,40-15+,41-26+. The second kappa shape index (κ2) is 27.4. The topological polar surface area (TPSA) is 165 Å². The molecule has 2 saturated heterocycles. The van der Waals surface area contributed by atoms with Crippen molar-refractivity contribution in [1.29, 1.82) is 0 Å². The first-order valence-electron chi connectivity index (χ1n) is 26.9. The first-order valence-corrected chi connectivity index (χ1v) is 26.9. The first kappa shape index (κ1) is 59.2. The van der Waals surface area contributed by atoms with Crippen molar-refractivity contribution in [3.63, 3.8) is 0 Å². The van der Waals surface area contributed by atoms with E-state index in [0.29, 0.717) is 56.5 Å². The lowest BCUT2D eigenvalue weighted by Crippen LogP contribution is -2.28. The number of hydrogen-bond donors (Lipinski definition) is 0. The highest BCUT2D eigenvalue weighted by molar-refractivity contribution is 5.88. The Hall–Kier alpha value is -7.50. The van der Waals surface area contributed by atoms with E-state index in [1.807, 2.05) is 66.1 Å². The Bertz CT molecular complexity index is 2950. The van der Waals surface area contributed by atoms with E-state index in [1.165, 1.54) is 54.3 Å². The molecule has 0 N–H and O–H groups in total. The van der Waals surface area contributed by atoms with Crippen molar-refractivity contribution in [1.82, 2.24) is 19.9 Å². The molecule has 7 rings (SSSR count). The van der Waals surface area contributed by atoms with Crippen molar-refractivity contribution in [2.24, 2.45) is 23.2 Å². The highest BCUT2D eigenvalue weighted by Gasteiger charge is 2.35. The number of benzene rings is 2. The van der Waals surface area contributed by atoms with Crippen molar-refractivity contribution in [2.45, 2.75) is 93.7 Å². The van der Waals surface area contributed by atoms with Gasteiger partial charge in [0, 0.05) is 49.4 Å². The Kier molecular flexibility index (Phi) is 20.5. The highest BCUT2D eigenvalue weighted by atomic mass is 19.4. The molecule has 4 heterocycles. The van der Waals surface area contributed by atoms with Gasteiger partial charge in [-0.25, -0.2) is 34.3 Å². The van der Waals surface area contributed by atoms with Crippen molar-refractivity contribution < 1.29 is 56.0 Å². The molecule has 422 valence electrons. The van der Waals surface area contributed by atoms with Crippen molar-refractivity contribution >= 4 is 30.0 Å². The zero-order chi connectivity index (χ0) is 56.7.